The monoisotopic (exact) mass is 295 g/mol. The minimum absolute atomic E-state index is 0.0259. The van der Waals surface area contributed by atoms with E-state index in [1.165, 1.54) is 19.2 Å². The Labute approximate surface area is 121 Å². The van der Waals surface area contributed by atoms with Gasteiger partial charge in [0.05, 0.1) is 25.2 Å². The molecule has 1 fully saturated rings. The molecule has 1 aromatic carbocycles. The molecule has 0 aliphatic carbocycles. The summed E-state index contributed by atoms with van der Waals surface area (Å²) in [6, 6.07) is 3.87. The molecule has 1 heterocycles. The first-order valence-electron chi connectivity index (χ1n) is 6.48. The zero-order chi connectivity index (χ0) is 15.4. The quantitative estimate of drug-likeness (QED) is 0.487. The molecule has 1 aromatic rings. The molecule has 8 heteroatoms. The maximum Gasteiger partial charge on any atom is 0.330 e. The third kappa shape index (κ3) is 3.11. The number of nitro groups is 1. The van der Waals surface area contributed by atoms with Crippen molar-refractivity contribution in [3.8, 4) is 0 Å². The highest BCUT2D eigenvalue weighted by atomic mass is 16.6. The van der Waals surface area contributed by atoms with Gasteiger partial charge in [-0.05, 0) is 11.6 Å². The van der Waals surface area contributed by atoms with Crippen LogP contribution in [0.5, 0.6) is 0 Å². The van der Waals surface area contributed by atoms with Crippen molar-refractivity contribution in [2.75, 3.05) is 31.8 Å². The number of methoxy groups -OCH3 is 1. The van der Waals surface area contributed by atoms with Crippen molar-refractivity contribution in [1.82, 2.24) is 0 Å². The Morgan fingerprint density at radius 3 is 3.00 bits per heavy atom. The SMILES string of the molecule is COC(=O)[C@@H]1COCCN1c1ccc([N+](=O)[O-])cc1CN. The number of hydrogen-bond donors (Lipinski definition) is 1. The molecule has 0 radical (unpaired) electrons. The third-order valence-corrected chi connectivity index (χ3v) is 3.40. The number of esters is 1. The van der Waals surface area contributed by atoms with Crippen LogP contribution in [-0.4, -0.2) is 43.8 Å². The minimum atomic E-state index is -0.574. The van der Waals surface area contributed by atoms with Crippen molar-refractivity contribution >= 4 is 17.3 Å². The largest absolute Gasteiger partial charge is 0.467 e. The Morgan fingerprint density at radius 1 is 1.62 bits per heavy atom. The molecule has 0 aromatic heterocycles. The Morgan fingerprint density at radius 2 is 2.38 bits per heavy atom. The molecule has 8 nitrogen and oxygen atoms in total. The summed E-state index contributed by atoms with van der Waals surface area (Å²) in [7, 11) is 1.31. The lowest BCUT2D eigenvalue weighted by Gasteiger charge is -2.36. The van der Waals surface area contributed by atoms with Crippen LogP contribution in [0.25, 0.3) is 0 Å². The van der Waals surface area contributed by atoms with E-state index in [-0.39, 0.29) is 18.8 Å². The van der Waals surface area contributed by atoms with E-state index in [9.17, 15) is 14.9 Å². The van der Waals surface area contributed by atoms with Gasteiger partial charge in [-0.3, -0.25) is 10.1 Å². The van der Waals surface area contributed by atoms with Crippen LogP contribution in [0.15, 0.2) is 18.2 Å². The molecular formula is C13H17N3O5. The number of anilines is 1. The van der Waals surface area contributed by atoms with Crippen LogP contribution in [0.1, 0.15) is 5.56 Å². The number of carbonyl (C=O) groups is 1. The number of benzene rings is 1. The first-order valence-corrected chi connectivity index (χ1v) is 6.48. The average molecular weight is 295 g/mol. The Kier molecular flexibility index (Phi) is 4.71. The topological polar surface area (TPSA) is 108 Å². The summed E-state index contributed by atoms with van der Waals surface area (Å²) >= 11 is 0. The van der Waals surface area contributed by atoms with Crippen molar-refractivity contribution in [3.63, 3.8) is 0 Å². The standard InChI is InChI=1S/C13H17N3O5/c1-20-13(17)12-8-21-5-4-15(12)11-3-2-10(16(18)19)6-9(11)7-14/h2-3,6,12H,4-5,7-8,14H2,1H3/t12-/m0/s1. The van der Waals surface area contributed by atoms with E-state index in [0.29, 0.717) is 24.4 Å². The van der Waals surface area contributed by atoms with Crippen LogP contribution >= 0.6 is 0 Å². The predicted octanol–water partition coefficient (Wildman–Crippen LogP) is 0.432. The van der Waals surface area contributed by atoms with Crippen molar-refractivity contribution in [3.05, 3.63) is 33.9 Å². The Balaban J connectivity index is 2.38. The third-order valence-electron chi connectivity index (χ3n) is 3.40. The average Bonchev–Trinajstić information content (AvgIpc) is 2.53. The first-order chi connectivity index (χ1) is 10.1. The smallest absolute Gasteiger partial charge is 0.330 e. The van der Waals surface area contributed by atoms with Gasteiger partial charge in [-0.25, -0.2) is 4.79 Å². The fourth-order valence-electron chi connectivity index (χ4n) is 2.35. The summed E-state index contributed by atoms with van der Waals surface area (Å²) in [5, 5.41) is 10.8. The fraction of sp³-hybridized carbons (Fsp3) is 0.462. The van der Waals surface area contributed by atoms with E-state index in [2.05, 4.69) is 0 Å². The van der Waals surface area contributed by atoms with Gasteiger partial charge in [-0.15, -0.1) is 0 Å². The minimum Gasteiger partial charge on any atom is -0.467 e. The van der Waals surface area contributed by atoms with Gasteiger partial charge in [-0.1, -0.05) is 0 Å². The fourth-order valence-corrected chi connectivity index (χ4v) is 2.35. The molecule has 2 N–H and O–H groups in total. The van der Waals surface area contributed by atoms with Crippen molar-refractivity contribution in [2.45, 2.75) is 12.6 Å². The number of nitro benzene ring substituents is 1. The van der Waals surface area contributed by atoms with Crippen molar-refractivity contribution in [2.24, 2.45) is 5.73 Å². The number of hydrogen-bond acceptors (Lipinski definition) is 7. The zero-order valence-electron chi connectivity index (χ0n) is 11.7. The molecule has 1 atom stereocenters. The summed E-state index contributed by atoms with van der Waals surface area (Å²) in [5.74, 6) is -0.406. The normalized spacial score (nSPS) is 18.4. The van der Waals surface area contributed by atoms with Gasteiger partial charge < -0.3 is 20.1 Å². The van der Waals surface area contributed by atoms with Crippen LogP contribution in [0.4, 0.5) is 11.4 Å². The number of carbonyl (C=O) groups excluding carboxylic acids is 1. The number of nitrogens with two attached hydrogens (primary N) is 1. The molecule has 0 amide bonds. The highest BCUT2D eigenvalue weighted by Gasteiger charge is 2.31. The highest BCUT2D eigenvalue weighted by Crippen LogP contribution is 2.28. The lowest BCUT2D eigenvalue weighted by Crippen LogP contribution is -2.51. The maximum atomic E-state index is 11.8. The summed E-state index contributed by atoms with van der Waals surface area (Å²) in [6.45, 7) is 1.31. The van der Waals surface area contributed by atoms with Crippen LogP contribution < -0.4 is 10.6 Å². The molecule has 1 aliphatic rings. The molecule has 0 unspecified atom stereocenters. The molecule has 2 rings (SSSR count). The summed E-state index contributed by atoms with van der Waals surface area (Å²) in [6.07, 6.45) is 0. The molecule has 1 saturated heterocycles. The first kappa shape index (κ1) is 15.2. The maximum absolute atomic E-state index is 11.8. The summed E-state index contributed by atoms with van der Waals surface area (Å²) in [4.78, 5) is 24.0. The van der Waals surface area contributed by atoms with E-state index in [0.717, 1.165) is 0 Å². The van der Waals surface area contributed by atoms with E-state index in [1.807, 2.05) is 4.90 Å². The molecular weight excluding hydrogens is 278 g/mol. The predicted molar refractivity (Wildman–Crippen MR) is 75.0 cm³/mol. The van der Waals surface area contributed by atoms with Crippen LogP contribution in [0.2, 0.25) is 0 Å². The van der Waals surface area contributed by atoms with Gasteiger partial charge >= 0.3 is 5.97 Å². The zero-order valence-corrected chi connectivity index (χ0v) is 11.7. The molecule has 21 heavy (non-hydrogen) atoms. The van der Waals surface area contributed by atoms with E-state index < -0.39 is 16.9 Å². The van der Waals surface area contributed by atoms with Gasteiger partial charge in [0, 0.05) is 30.9 Å². The lowest BCUT2D eigenvalue weighted by molar-refractivity contribution is -0.384. The van der Waals surface area contributed by atoms with Crippen molar-refractivity contribution < 1.29 is 19.2 Å². The number of rotatable bonds is 4. The van der Waals surface area contributed by atoms with Crippen LogP contribution in [-0.2, 0) is 20.8 Å². The molecule has 0 saturated carbocycles. The molecule has 0 spiro atoms. The Bertz CT molecular complexity index is 549. The van der Waals surface area contributed by atoms with Gasteiger partial charge in [-0.2, -0.15) is 0 Å². The van der Waals surface area contributed by atoms with Gasteiger partial charge in [0.2, 0.25) is 0 Å². The van der Waals surface area contributed by atoms with E-state index in [4.69, 9.17) is 15.2 Å². The number of nitrogens with zero attached hydrogens (tertiary/aromatic N) is 2. The summed E-state index contributed by atoms with van der Waals surface area (Å²) in [5.41, 5.74) is 6.97. The van der Waals surface area contributed by atoms with Gasteiger partial charge in [0.1, 0.15) is 0 Å². The second-order valence-electron chi connectivity index (χ2n) is 4.58. The van der Waals surface area contributed by atoms with Crippen molar-refractivity contribution in [1.29, 1.82) is 0 Å². The molecule has 1 aliphatic heterocycles. The van der Waals surface area contributed by atoms with Gasteiger partial charge in [0.25, 0.3) is 5.69 Å². The summed E-state index contributed by atoms with van der Waals surface area (Å²) < 4.78 is 10.1. The number of morpholine rings is 1. The highest BCUT2D eigenvalue weighted by molar-refractivity contribution is 5.81. The second kappa shape index (κ2) is 6.51. The van der Waals surface area contributed by atoms with E-state index in [1.54, 1.807) is 6.07 Å². The number of non-ortho nitro benzene ring substituents is 1. The molecule has 0 bridgehead atoms. The van der Waals surface area contributed by atoms with Crippen LogP contribution in [0.3, 0.4) is 0 Å². The Hall–Kier alpha value is -2.19. The second-order valence-corrected chi connectivity index (χ2v) is 4.58. The van der Waals surface area contributed by atoms with Crippen LogP contribution in [0, 0.1) is 10.1 Å². The number of ether oxygens (including phenoxy) is 2. The lowest BCUT2D eigenvalue weighted by atomic mass is 10.1. The van der Waals surface area contributed by atoms with E-state index >= 15 is 0 Å². The van der Waals surface area contributed by atoms with Gasteiger partial charge in [0.15, 0.2) is 6.04 Å². The molecule has 114 valence electrons.